The highest BCUT2D eigenvalue weighted by molar-refractivity contribution is 7.16. The van der Waals surface area contributed by atoms with Crippen LogP contribution in [0.2, 0.25) is 0 Å². The number of thiophene rings is 1. The Labute approximate surface area is 173 Å². The molecule has 3 amide bonds. The van der Waals surface area contributed by atoms with E-state index in [0.717, 1.165) is 28.3 Å². The van der Waals surface area contributed by atoms with Crippen LogP contribution < -0.4 is 16.4 Å². The van der Waals surface area contributed by atoms with Crippen molar-refractivity contribution in [3.05, 3.63) is 34.8 Å². The van der Waals surface area contributed by atoms with E-state index in [1.165, 1.54) is 24.5 Å². The second kappa shape index (κ2) is 8.60. The lowest BCUT2D eigenvalue weighted by molar-refractivity contribution is -0.146. The molecular weight excluding hydrogens is 390 g/mol. The Kier molecular flexibility index (Phi) is 6.17. The molecule has 3 heterocycles. The zero-order valence-electron chi connectivity index (χ0n) is 16.7. The van der Waals surface area contributed by atoms with E-state index < -0.39 is 11.8 Å². The molecule has 0 unspecified atom stereocenters. The van der Waals surface area contributed by atoms with E-state index in [2.05, 4.69) is 22.5 Å². The minimum atomic E-state index is -0.700. The number of nitrogens with zero attached hydrogens (tertiary/aromatic N) is 2. The zero-order valence-corrected chi connectivity index (χ0v) is 17.5. The van der Waals surface area contributed by atoms with Gasteiger partial charge in [0.2, 0.25) is 5.91 Å². The number of carbonyl (C=O) groups excluding carboxylic acids is 3. The van der Waals surface area contributed by atoms with Gasteiger partial charge in [-0.1, -0.05) is 6.92 Å². The Balaban J connectivity index is 1.77. The first kappa shape index (κ1) is 20.8. The van der Waals surface area contributed by atoms with E-state index in [0.29, 0.717) is 24.0 Å². The Bertz CT molecular complexity index is 942. The van der Waals surface area contributed by atoms with E-state index in [-0.39, 0.29) is 11.9 Å². The number of anilines is 3. The van der Waals surface area contributed by atoms with Crippen LogP contribution in [0.1, 0.15) is 43.2 Å². The van der Waals surface area contributed by atoms with E-state index >= 15 is 0 Å². The summed E-state index contributed by atoms with van der Waals surface area (Å²) in [6, 6.07) is 5.22. The molecule has 0 spiro atoms. The number of rotatable bonds is 3. The molecule has 0 bridgehead atoms. The molecule has 0 radical (unpaired) electrons. The van der Waals surface area contributed by atoms with Crippen LogP contribution in [0, 0.1) is 12.8 Å². The number of pyridine rings is 1. The van der Waals surface area contributed by atoms with Crippen LogP contribution in [0.3, 0.4) is 0 Å². The van der Waals surface area contributed by atoms with Gasteiger partial charge >= 0.3 is 11.8 Å². The normalized spacial score (nSPS) is 18.9. The quantitative estimate of drug-likeness (QED) is 0.666. The first-order valence-corrected chi connectivity index (χ1v) is 10.3. The molecule has 2 aromatic rings. The number of hydrogen-bond donors (Lipinski definition) is 3. The minimum Gasteiger partial charge on any atom is -0.383 e. The van der Waals surface area contributed by atoms with Crippen molar-refractivity contribution >= 4 is 45.6 Å². The van der Waals surface area contributed by atoms with Crippen LogP contribution in [0.15, 0.2) is 24.4 Å². The predicted molar refractivity (Wildman–Crippen MR) is 113 cm³/mol. The molecule has 0 aromatic carbocycles. The topological polar surface area (TPSA) is 117 Å². The van der Waals surface area contributed by atoms with E-state index in [1.807, 2.05) is 12.1 Å². The maximum atomic E-state index is 13.0. The molecular formula is C20H25N5O3S. The molecule has 4 N–H and O–H groups in total. The maximum absolute atomic E-state index is 13.0. The maximum Gasteiger partial charge on any atom is 0.313 e. The number of aryl methyl sites for hydroxylation is 1. The number of amides is 3. The smallest absolute Gasteiger partial charge is 0.313 e. The standard InChI is InChI=1S/C20H25N5O3S/c1-11-4-5-15(16-6-7-17(29-16)23-13(3)26)25(10-11)20(28)19(27)24-14-8-12(2)18(21)22-9-14/h6-9,11,15H,4-5,10H2,1-3H3,(H2,21,22)(H,23,26)(H,24,27)/t11-,15+/m1/s1. The van der Waals surface area contributed by atoms with E-state index in [1.54, 1.807) is 17.9 Å². The first-order valence-electron chi connectivity index (χ1n) is 9.46. The molecule has 8 nitrogen and oxygen atoms in total. The fraction of sp³-hybridized carbons (Fsp3) is 0.400. The summed E-state index contributed by atoms with van der Waals surface area (Å²) in [6.45, 7) is 5.81. The third-order valence-corrected chi connectivity index (χ3v) is 6.01. The number of hydrogen-bond acceptors (Lipinski definition) is 6. The molecule has 0 aliphatic carbocycles. The van der Waals surface area contributed by atoms with Crippen LogP contribution in [0.25, 0.3) is 0 Å². The SMILES string of the molecule is CC(=O)Nc1ccc([C@@H]2CC[C@@H](C)CN2C(=O)C(=O)Nc2cnc(N)c(C)c2)s1. The van der Waals surface area contributed by atoms with Crippen molar-refractivity contribution in [2.45, 2.75) is 39.7 Å². The van der Waals surface area contributed by atoms with Gasteiger partial charge in [0.25, 0.3) is 0 Å². The van der Waals surface area contributed by atoms with Gasteiger partial charge in [0.15, 0.2) is 0 Å². The molecule has 9 heteroatoms. The molecule has 3 rings (SSSR count). The van der Waals surface area contributed by atoms with Gasteiger partial charge in [0.1, 0.15) is 5.82 Å². The van der Waals surface area contributed by atoms with Gasteiger partial charge in [-0.15, -0.1) is 11.3 Å². The monoisotopic (exact) mass is 415 g/mol. The summed E-state index contributed by atoms with van der Waals surface area (Å²) in [5, 5.41) is 6.11. The summed E-state index contributed by atoms with van der Waals surface area (Å²) in [4.78, 5) is 43.5. The van der Waals surface area contributed by atoms with Crippen molar-refractivity contribution in [2.75, 3.05) is 22.9 Å². The molecule has 1 fully saturated rings. The molecule has 2 aromatic heterocycles. The summed E-state index contributed by atoms with van der Waals surface area (Å²) in [6.07, 6.45) is 3.16. The molecule has 1 aliphatic rings. The number of carbonyl (C=O) groups is 3. The average molecular weight is 416 g/mol. The average Bonchev–Trinajstić information content (AvgIpc) is 3.11. The molecule has 1 saturated heterocycles. The number of piperidine rings is 1. The lowest BCUT2D eigenvalue weighted by atomic mass is 9.93. The van der Waals surface area contributed by atoms with Gasteiger partial charge < -0.3 is 21.3 Å². The number of aromatic nitrogens is 1. The van der Waals surface area contributed by atoms with Gasteiger partial charge in [0, 0.05) is 18.3 Å². The summed E-state index contributed by atoms with van der Waals surface area (Å²) in [5.41, 5.74) is 6.86. The fourth-order valence-corrected chi connectivity index (χ4v) is 4.52. The van der Waals surface area contributed by atoms with Crippen LogP contribution in [-0.2, 0) is 14.4 Å². The van der Waals surface area contributed by atoms with Gasteiger partial charge in [-0.3, -0.25) is 14.4 Å². The zero-order chi connectivity index (χ0) is 21.1. The third-order valence-electron chi connectivity index (χ3n) is 4.90. The Morgan fingerprint density at radius 1 is 1.24 bits per heavy atom. The van der Waals surface area contributed by atoms with Crippen molar-refractivity contribution in [3.63, 3.8) is 0 Å². The first-order chi connectivity index (χ1) is 13.7. The highest BCUT2D eigenvalue weighted by Gasteiger charge is 2.35. The molecule has 29 heavy (non-hydrogen) atoms. The largest absolute Gasteiger partial charge is 0.383 e. The number of likely N-dealkylation sites (tertiary alicyclic amines) is 1. The Hall–Kier alpha value is -2.94. The number of nitrogens with one attached hydrogen (secondary N) is 2. The predicted octanol–water partition coefficient (Wildman–Crippen LogP) is 2.93. The van der Waals surface area contributed by atoms with E-state index in [9.17, 15) is 14.4 Å². The molecule has 0 saturated carbocycles. The van der Waals surface area contributed by atoms with E-state index in [4.69, 9.17) is 5.73 Å². The van der Waals surface area contributed by atoms with Crippen molar-refractivity contribution in [1.29, 1.82) is 0 Å². The van der Waals surface area contributed by atoms with Gasteiger partial charge in [0.05, 0.1) is 22.9 Å². The lowest BCUT2D eigenvalue weighted by Crippen LogP contribution is -2.46. The second-order valence-corrected chi connectivity index (χ2v) is 8.53. The minimum absolute atomic E-state index is 0.143. The van der Waals surface area contributed by atoms with Crippen LogP contribution in [0.5, 0.6) is 0 Å². The highest BCUT2D eigenvalue weighted by atomic mass is 32.1. The molecule has 2 atom stereocenters. The van der Waals surface area contributed by atoms with Crippen molar-refractivity contribution in [3.8, 4) is 0 Å². The summed E-state index contributed by atoms with van der Waals surface area (Å²) in [7, 11) is 0. The number of nitrogen functional groups attached to an aromatic ring is 1. The van der Waals surface area contributed by atoms with Crippen LogP contribution in [-0.4, -0.2) is 34.2 Å². The third kappa shape index (κ3) is 4.92. The van der Waals surface area contributed by atoms with Gasteiger partial charge in [-0.2, -0.15) is 0 Å². The van der Waals surface area contributed by atoms with Crippen molar-refractivity contribution in [2.24, 2.45) is 5.92 Å². The van der Waals surface area contributed by atoms with Crippen molar-refractivity contribution < 1.29 is 14.4 Å². The van der Waals surface area contributed by atoms with Crippen LogP contribution >= 0.6 is 11.3 Å². The summed E-state index contributed by atoms with van der Waals surface area (Å²) in [5.74, 6) is -0.736. The summed E-state index contributed by atoms with van der Waals surface area (Å²) < 4.78 is 0. The van der Waals surface area contributed by atoms with Crippen LogP contribution in [0.4, 0.5) is 16.5 Å². The van der Waals surface area contributed by atoms with Crippen molar-refractivity contribution in [1.82, 2.24) is 9.88 Å². The van der Waals surface area contributed by atoms with Gasteiger partial charge in [-0.25, -0.2) is 4.98 Å². The highest BCUT2D eigenvalue weighted by Crippen LogP contribution is 2.38. The molecule has 154 valence electrons. The Morgan fingerprint density at radius 2 is 2.00 bits per heavy atom. The second-order valence-electron chi connectivity index (χ2n) is 7.42. The molecule has 1 aliphatic heterocycles. The fourth-order valence-electron chi connectivity index (χ4n) is 3.41. The Morgan fingerprint density at radius 3 is 2.69 bits per heavy atom. The lowest BCUT2D eigenvalue weighted by Gasteiger charge is -2.37. The summed E-state index contributed by atoms with van der Waals surface area (Å²) >= 11 is 1.43. The van der Waals surface area contributed by atoms with Gasteiger partial charge in [-0.05, 0) is 49.4 Å². The number of nitrogens with two attached hydrogens (primary N) is 1.